The molecular weight excluding hydrogens is 459 g/mol. The number of carbonyl (C=O) groups is 2. The third-order valence-corrected chi connectivity index (χ3v) is 6.85. The molecule has 0 aliphatic carbocycles. The van der Waals surface area contributed by atoms with Crippen LogP contribution in [0.5, 0.6) is 5.75 Å². The smallest absolute Gasteiger partial charge is 0.222 e. The third kappa shape index (κ3) is 5.75. The lowest BCUT2D eigenvalue weighted by Gasteiger charge is -2.30. The van der Waals surface area contributed by atoms with E-state index in [1.54, 1.807) is 24.1 Å². The van der Waals surface area contributed by atoms with Crippen LogP contribution in [0.3, 0.4) is 0 Å². The van der Waals surface area contributed by atoms with E-state index in [4.69, 9.17) is 4.74 Å². The second-order valence-electron chi connectivity index (χ2n) is 9.72. The molecule has 0 saturated carbocycles. The zero-order valence-electron chi connectivity index (χ0n) is 21.3. The van der Waals surface area contributed by atoms with Crippen molar-refractivity contribution >= 4 is 11.8 Å². The van der Waals surface area contributed by atoms with Gasteiger partial charge in [-0.15, -0.1) is 0 Å². The molecule has 1 aromatic heterocycles. The van der Waals surface area contributed by atoms with Gasteiger partial charge in [-0.1, -0.05) is 18.2 Å². The molecule has 0 spiro atoms. The van der Waals surface area contributed by atoms with Gasteiger partial charge in [-0.05, 0) is 68.5 Å². The SMILES string of the molecule is COc1ccc(C[C@@]2(CCC(=O)N(C)Cc3cccc(-n4nc(C)cc4C)c3)CCC(=O)N2)c(F)c1. The molecule has 0 unspecified atom stereocenters. The topological polar surface area (TPSA) is 76.5 Å². The number of aromatic nitrogens is 2. The number of nitrogens with one attached hydrogen (secondary N) is 1. The summed E-state index contributed by atoms with van der Waals surface area (Å²) in [6.45, 7) is 4.43. The summed E-state index contributed by atoms with van der Waals surface area (Å²) in [7, 11) is 3.27. The zero-order valence-corrected chi connectivity index (χ0v) is 21.3. The molecule has 1 fully saturated rings. The molecule has 1 aliphatic rings. The fourth-order valence-electron chi connectivity index (χ4n) is 4.92. The van der Waals surface area contributed by atoms with E-state index in [9.17, 15) is 14.0 Å². The minimum absolute atomic E-state index is 0.0257. The molecule has 0 radical (unpaired) electrons. The summed E-state index contributed by atoms with van der Waals surface area (Å²) >= 11 is 0. The van der Waals surface area contributed by atoms with Crippen LogP contribution < -0.4 is 10.1 Å². The third-order valence-electron chi connectivity index (χ3n) is 6.85. The van der Waals surface area contributed by atoms with Crippen molar-refractivity contribution in [3.63, 3.8) is 0 Å². The zero-order chi connectivity index (χ0) is 25.9. The number of methoxy groups -OCH3 is 1. The Morgan fingerprint density at radius 2 is 2.03 bits per heavy atom. The largest absolute Gasteiger partial charge is 0.497 e. The molecule has 7 nitrogen and oxygen atoms in total. The van der Waals surface area contributed by atoms with E-state index in [0.29, 0.717) is 43.5 Å². The van der Waals surface area contributed by atoms with Gasteiger partial charge in [0.2, 0.25) is 11.8 Å². The summed E-state index contributed by atoms with van der Waals surface area (Å²) in [4.78, 5) is 26.8. The first kappa shape index (κ1) is 25.4. The molecule has 1 saturated heterocycles. The number of hydrogen-bond donors (Lipinski definition) is 1. The first-order valence-electron chi connectivity index (χ1n) is 12.2. The van der Waals surface area contributed by atoms with E-state index >= 15 is 0 Å². The van der Waals surface area contributed by atoms with E-state index < -0.39 is 5.54 Å². The summed E-state index contributed by atoms with van der Waals surface area (Å²) < 4.78 is 21.6. The predicted molar refractivity (Wildman–Crippen MR) is 136 cm³/mol. The molecule has 2 aromatic carbocycles. The molecule has 3 aromatic rings. The summed E-state index contributed by atoms with van der Waals surface area (Å²) in [6.07, 6.45) is 1.97. The summed E-state index contributed by atoms with van der Waals surface area (Å²) in [5.41, 5.74) is 3.81. The number of benzene rings is 2. The van der Waals surface area contributed by atoms with Crippen LogP contribution in [0, 0.1) is 19.7 Å². The molecule has 1 N–H and O–H groups in total. The fraction of sp³-hybridized carbons (Fsp3) is 0.393. The Bertz CT molecular complexity index is 1270. The second kappa shape index (κ2) is 10.5. The maximum atomic E-state index is 14.6. The van der Waals surface area contributed by atoms with Gasteiger partial charge in [-0.2, -0.15) is 5.10 Å². The van der Waals surface area contributed by atoms with Crippen LogP contribution >= 0.6 is 0 Å². The Kier molecular flexibility index (Phi) is 7.43. The number of rotatable bonds is 9. The van der Waals surface area contributed by atoms with E-state index in [2.05, 4.69) is 10.4 Å². The number of carbonyl (C=O) groups excluding carboxylic acids is 2. The van der Waals surface area contributed by atoms with Gasteiger partial charge >= 0.3 is 0 Å². The first-order chi connectivity index (χ1) is 17.2. The van der Waals surface area contributed by atoms with Gasteiger partial charge in [0.05, 0.1) is 18.5 Å². The van der Waals surface area contributed by atoms with Gasteiger partial charge in [0.1, 0.15) is 11.6 Å². The predicted octanol–water partition coefficient (Wildman–Crippen LogP) is 4.27. The van der Waals surface area contributed by atoms with Gasteiger partial charge in [0.15, 0.2) is 0 Å². The van der Waals surface area contributed by atoms with Crippen LogP contribution in [0.25, 0.3) is 5.69 Å². The average Bonchev–Trinajstić information content (AvgIpc) is 3.39. The van der Waals surface area contributed by atoms with Crippen LogP contribution in [0.1, 0.15) is 48.2 Å². The van der Waals surface area contributed by atoms with E-state index in [1.807, 2.05) is 48.9 Å². The van der Waals surface area contributed by atoms with Crippen molar-refractivity contribution in [2.75, 3.05) is 14.2 Å². The minimum atomic E-state index is -0.640. The second-order valence-corrected chi connectivity index (χ2v) is 9.72. The standard InChI is InChI=1S/C28H33FN4O3/c1-19-14-20(2)33(31-19)23-7-5-6-21(15-23)18-32(3)27(35)11-13-28(12-10-26(34)30-28)17-22-8-9-24(36-4)16-25(22)29/h5-9,14-16H,10-13,17-18H2,1-4H3,(H,30,34)/t28-/m0/s1. The monoisotopic (exact) mass is 492 g/mol. The van der Waals surface area contributed by atoms with Gasteiger partial charge in [-0.25, -0.2) is 9.07 Å². The molecule has 4 rings (SSSR count). The molecule has 36 heavy (non-hydrogen) atoms. The maximum absolute atomic E-state index is 14.6. The van der Waals surface area contributed by atoms with E-state index in [0.717, 1.165) is 22.6 Å². The summed E-state index contributed by atoms with van der Waals surface area (Å²) in [6, 6.07) is 14.8. The van der Waals surface area contributed by atoms with Crippen LogP contribution in [-0.4, -0.2) is 46.2 Å². The van der Waals surface area contributed by atoms with Crippen molar-refractivity contribution in [2.45, 2.75) is 58.0 Å². The van der Waals surface area contributed by atoms with Crippen molar-refractivity contribution in [1.29, 1.82) is 0 Å². The average molecular weight is 493 g/mol. The summed E-state index contributed by atoms with van der Waals surface area (Å²) in [5, 5.41) is 7.57. The number of nitrogens with zero attached hydrogens (tertiary/aromatic N) is 3. The molecule has 8 heteroatoms. The Labute approximate surface area is 211 Å². The normalized spacial score (nSPS) is 17.2. The number of amides is 2. The Hall–Kier alpha value is -3.68. The van der Waals surface area contributed by atoms with Gasteiger partial charge in [0, 0.05) is 43.7 Å². The lowest BCUT2D eigenvalue weighted by atomic mass is 9.84. The highest BCUT2D eigenvalue weighted by molar-refractivity contribution is 5.80. The number of hydrogen-bond acceptors (Lipinski definition) is 4. The van der Waals surface area contributed by atoms with Gasteiger partial charge in [0.25, 0.3) is 0 Å². The minimum Gasteiger partial charge on any atom is -0.497 e. The Morgan fingerprint density at radius 1 is 1.22 bits per heavy atom. The quantitative estimate of drug-likeness (QED) is 0.484. The Morgan fingerprint density at radius 3 is 2.67 bits per heavy atom. The molecule has 2 amide bonds. The molecule has 1 aliphatic heterocycles. The van der Waals surface area contributed by atoms with Crippen LogP contribution in [-0.2, 0) is 22.6 Å². The molecule has 2 heterocycles. The van der Waals surface area contributed by atoms with Crippen molar-refractivity contribution in [2.24, 2.45) is 0 Å². The van der Waals surface area contributed by atoms with Crippen LogP contribution in [0.2, 0.25) is 0 Å². The fourth-order valence-corrected chi connectivity index (χ4v) is 4.92. The Balaban J connectivity index is 1.41. The molecule has 190 valence electrons. The number of ether oxygens (including phenoxy) is 1. The molecule has 1 atom stereocenters. The maximum Gasteiger partial charge on any atom is 0.222 e. The van der Waals surface area contributed by atoms with Crippen molar-refractivity contribution in [3.05, 3.63) is 76.9 Å². The van der Waals surface area contributed by atoms with Crippen LogP contribution in [0.4, 0.5) is 4.39 Å². The summed E-state index contributed by atoms with van der Waals surface area (Å²) in [5.74, 6) is -0.0202. The lowest BCUT2D eigenvalue weighted by molar-refractivity contribution is -0.131. The van der Waals surface area contributed by atoms with Crippen molar-refractivity contribution in [3.8, 4) is 11.4 Å². The first-order valence-corrected chi connectivity index (χ1v) is 12.2. The van der Waals surface area contributed by atoms with Crippen molar-refractivity contribution < 1.29 is 18.7 Å². The lowest BCUT2D eigenvalue weighted by Crippen LogP contribution is -2.44. The van der Waals surface area contributed by atoms with Gasteiger partial charge in [-0.3, -0.25) is 9.59 Å². The number of halogens is 1. The highest BCUT2D eigenvalue weighted by Gasteiger charge is 2.38. The van der Waals surface area contributed by atoms with E-state index in [-0.39, 0.29) is 24.1 Å². The molecular formula is C28H33FN4O3. The number of aryl methyl sites for hydroxylation is 2. The highest BCUT2D eigenvalue weighted by Crippen LogP contribution is 2.31. The highest BCUT2D eigenvalue weighted by atomic mass is 19.1. The molecule has 0 bridgehead atoms. The van der Waals surface area contributed by atoms with Crippen LogP contribution in [0.15, 0.2) is 48.5 Å². The van der Waals surface area contributed by atoms with Crippen molar-refractivity contribution in [1.82, 2.24) is 20.0 Å². The van der Waals surface area contributed by atoms with Gasteiger partial charge < -0.3 is 15.0 Å². The van der Waals surface area contributed by atoms with E-state index in [1.165, 1.54) is 13.2 Å².